The molecule has 3 nitrogen and oxygen atoms in total. The van der Waals surface area contributed by atoms with Crippen molar-refractivity contribution in [1.29, 1.82) is 5.26 Å². The normalized spacial score (nSPS) is 11.4. The highest BCUT2D eigenvalue weighted by Gasteiger charge is 2.16. The van der Waals surface area contributed by atoms with Gasteiger partial charge in [0, 0.05) is 10.5 Å². The summed E-state index contributed by atoms with van der Waals surface area (Å²) in [6.07, 6.45) is 0. The van der Waals surface area contributed by atoms with Crippen LogP contribution in [0.5, 0.6) is 0 Å². The molecular formula is C17H15NO2S. The van der Waals surface area contributed by atoms with E-state index in [1.54, 1.807) is 18.2 Å². The van der Waals surface area contributed by atoms with Crippen molar-refractivity contribution in [2.24, 2.45) is 0 Å². The monoisotopic (exact) mass is 297 g/mol. The molecule has 2 aromatic carbocycles. The summed E-state index contributed by atoms with van der Waals surface area (Å²) in [4.78, 5) is 13.0. The first-order valence-corrected chi connectivity index (χ1v) is 7.45. The van der Waals surface area contributed by atoms with E-state index >= 15 is 0 Å². The van der Waals surface area contributed by atoms with Crippen LogP contribution in [0.25, 0.3) is 0 Å². The highest BCUT2D eigenvalue weighted by atomic mass is 32.2. The Hall–Kier alpha value is -2.25. The number of carbonyl (C=O) groups excluding carboxylic acids is 1. The molecule has 0 spiro atoms. The topological polar surface area (TPSA) is 50.1 Å². The number of carbonyl (C=O) groups is 1. The SMILES string of the molecule is C[C@H](Sc1ccccc1)C(=O)OCc1ccccc1C#N. The van der Waals surface area contributed by atoms with Crippen LogP contribution in [-0.2, 0) is 16.1 Å². The summed E-state index contributed by atoms with van der Waals surface area (Å²) >= 11 is 1.46. The zero-order chi connectivity index (χ0) is 15.1. The van der Waals surface area contributed by atoms with E-state index in [1.807, 2.05) is 43.3 Å². The molecule has 0 bridgehead atoms. The zero-order valence-corrected chi connectivity index (χ0v) is 12.5. The second-order valence-electron chi connectivity index (χ2n) is 4.45. The van der Waals surface area contributed by atoms with Crippen LogP contribution in [-0.4, -0.2) is 11.2 Å². The van der Waals surface area contributed by atoms with E-state index in [2.05, 4.69) is 6.07 Å². The molecule has 0 fully saturated rings. The smallest absolute Gasteiger partial charge is 0.319 e. The van der Waals surface area contributed by atoms with E-state index in [0.29, 0.717) is 5.56 Å². The molecule has 0 unspecified atom stereocenters. The van der Waals surface area contributed by atoms with E-state index < -0.39 is 0 Å². The maximum Gasteiger partial charge on any atom is 0.319 e. The molecule has 0 aliphatic carbocycles. The minimum atomic E-state index is -0.290. The summed E-state index contributed by atoms with van der Waals surface area (Å²) in [5.74, 6) is -0.281. The summed E-state index contributed by atoms with van der Waals surface area (Å²) in [6.45, 7) is 1.94. The Balaban J connectivity index is 1.91. The average Bonchev–Trinajstić information content (AvgIpc) is 2.53. The molecule has 0 amide bonds. The summed E-state index contributed by atoms with van der Waals surface area (Å²) in [6, 6.07) is 18.9. The highest BCUT2D eigenvalue weighted by Crippen LogP contribution is 2.23. The second-order valence-corrected chi connectivity index (χ2v) is 5.86. The fraction of sp³-hybridized carbons (Fsp3) is 0.176. The fourth-order valence-electron chi connectivity index (χ4n) is 1.77. The molecule has 21 heavy (non-hydrogen) atoms. The number of benzene rings is 2. The van der Waals surface area contributed by atoms with Crippen molar-refractivity contribution in [3.63, 3.8) is 0 Å². The van der Waals surface area contributed by atoms with Gasteiger partial charge in [-0.2, -0.15) is 5.26 Å². The van der Waals surface area contributed by atoms with Crippen molar-refractivity contribution < 1.29 is 9.53 Å². The van der Waals surface area contributed by atoms with Crippen LogP contribution in [0, 0.1) is 11.3 Å². The minimum absolute atomic E-state index is 0.127. The van der Waals surface area contributed by atoms with Crippen molar-refractivity contribution in [3.8, 4) is 6.07 Å². The third kappa shape index (κ3) is 4.37. The van der Waals surface area contributed by atoms with Gasteiger partial charge in [0.1, 0.15) is 11.9 Å². The van der Waals surface area contributed by atoms with Crippen molar-refractivity contribution in [1.82, 2.24) is 0 Å². The Bertz CT molecular complexity index is 649. The summed E-state index contributed by atoms with van der Waals surface area (Å²) in [5.41, 5.74) is 1.26. The average molecular weight is 297 g/mol. The fourth-order valence-corrected chi connectivity index (χ4v) is 2.66. The standard InChI is InChI=1S/C17H15NO2S/c1-13(21-16-9-3-2-4-10-16)17(19)20-12-15-8-6-5-7-14(15)11-18/h2-10,13H,12H2,1H3/t13-/m0/s1. The van der Waals surface area contributed by atoms with Gasteiger partial charge in [0.2, 0.25) is 0 Å². The minimum Gasteiger partial charge on any atom is -0.460 e. The van der Waals surface area contributed by atoms with Gasteiger partial charge in [0.05, 0.1) is 11.6 Å². The van der Waals surface area contributed by atoms with E-state index in [0.717, 1.165) is 10.5 Å². The van der Waals surface area contributed by atoms with Gasteiger partial charge >= 0.3 is 5.97 Å². The van der Waals surface area contributed by atoms with E-state index in [-0.39, 0.29) is 17.8 Å². The van der Waals surface area contributed by atoms with Crippen LogP contribution in [0.15, 0.2) is 59.5 Å². The Labute approximate surface area is 128 Å². The van der Waals surface area contributed by atoms with Crippen molar-refractivity contribution in [3.05, 3.63) is 65.7 Å². The molecule has 0 aromatic heterocycles. The largest absolute Gasteiger partial charge is 0.460 e. The predicted molar refractivity (Wildman–Crippen MR) is 82.7 cm³/mol. The lowest BCUT2D eigenvalue weighted by Crippen LogP contribution is -2.17. The molecule has 0 N–H and O–H groups in total. The van der Waals surface area contributed by atoms with E-state index in [4.69, 9.17) is 10.00 Å². The molecule has 1 atom stereocenters. The molecule has 4 heteroatoms. The summed E-state index contributed by atoms with van der Waals surface area (Å²) in [7, 11) is 0. The van der Waals surface area contributed by atoms with Crippen LogP contribution in [0.3, 0.4) is 0 Å². The number of esters is 1. The number of nitrogens with zero attached hydrogens (tertiary/aromatic N) is 1. The van der Waals surface area contributed by atoms with Gasteiger partial charge in [-0.25, -0.2) is 0 Å². The van der Waals surface area contributed by atoms with Crippen LogP contribution in [0.4, 0.5) is 0 Å². The van der Waals surface area contributed by atoms with Gasteiger partial charge in [-0.15, -0.1) is 11.8 Å². The van der Waals surface area contributed by atoms with Gasteiger partial charge in [-0.05, 0) is 25.1 Å². The van der Waals surface area contributed by atoms with Gasteiger partial charge in [0.15, 0.2) is 0 Å². The molecule has 106 valence electrons. The first-order chi connectivity index (χ1) is 10.2. The lowest BCUT2D eigenvalue weighted by molar-refractivity contribution is -0.143. The Morgan fingerprint density at radius 3 is 2.57 bits per heavy atom. The predicted octanol–water partition coefficient (Wildman–Crippen LogP) is 3.78. The molecule has 0 aliphatic heterocycles. The van der Waals surface area contributed by atoms with Crippen LogP contribution < -0.4 is 0 Å². The third-order valence-corrected chi connectivity index (χ3v) is 3.99. The zero-order valence-electron chi connectivity index (χ0n) is 11.7. The molecular weight excluding hydrogens is 282 g/mol. The van der Waals surface area contributed by atoms with Crippen molar-refractivity contribution >= 4 is 17.7 Å². The second kappa shape index (κ2) is 7.51. The van der Waals surface area contributed by atoms with Crippen molar-refractivity contribution in [2.75, 3.05) is 0 Å². The first-order valence-electron chi connectivity index (χ1n) is 6.57. The molecule has 0 heterocycles. The molecule has 0 saturated carbocycles. The first kappa shape index (κ1) is 15.1. The molecule has 0 radical (unpaired) electrons. The number of nitriles is 1. The lowest BCUT2D eigenvalue weighted by atomic mass is 10.1. The molecule has 2 aromatic rings. The van der Waals surface area contributed by atoms with Gasteiger partial charge in [-0.1, -0.05) is 36.4 Å². The lowest BCUT2D eigenvalue weighted by Gasteiger charge is -2.11. The molecule has 0 aliphatic rings. The number of hydrogen-bond acceptors (Lipinski definition) is 4. The number of hydrogen-bond donors (Lipinski definition) is 0. The highest BCUT2D eigenvalue weighted by molar-refractivity contribution is 8.00. The Kier molecular flexibility index (Phi) is 5.42. The van der Waals surface area contributed by atoms with Crippen molar-refractivity contribution in [2.45, 2.75) is 23.7 Å². The number of thioether (sulfide) groups is 1. The van der Waals surface area contributed by atoms with E-state index in [1.165, 1.54) is 11.8 Å². The number of ether oxygens (including phenoxy) is 1. The van der Waals surface area contributed by atoms with Crippen LogP contribution in [0.2, 0.25) is 0 Å². The maximum atomic E-state index is 12.0. The Morgan fingerprint density at radius 1 is 1.19 bits per heavy atom. The summed E-state index contributed by atoms with van der Waals surface area (Å²) < 4.78 is 5.29. The van der Waals surface area contributed by atoms with Crippen LogP contribution in [0.1, 0.15) is 18.1 Å². The van der Waals surface area contributed by atoms with Gasteiger partial charge in [-0.3, -0.25) is 4.79 Å². The molecule has 0 saturated heterocycles. The third-order valence-electron chi connectivity index (χ3n) is 2.90. The van der Waals surface area contributed by atoms with Gasteiger partial charge < -0.3 is 4.74 Å². The number of rotatable bonds is 5. The maximum absolute atomic E-state index is 12.0. The Morgan fingerprint density at radius 2 is 1.86 bits per heavy atom. The summed E-state index contributed by atoms with van der Waals surface area (Å²) in [5, 5.41) is 8.70. The van der Waals surface area contributed by atoms with Gasteiger partial charge in [0.25, 0.3) is 0 Å². The quantitative estimate of drug-likeness (QED) is 0.622. The van der Waals surface area contributed by atoms with Crippen LogP contribution >= 0.6 is 11.8 Å². The van der Waals surface area contributed by atoms with E-state index in [9.17, 15) is 4.79 Å². The molecule has 2 rings (SSSR count).